The first-order valence-electron chi connectivity index (χ1n) is 8.38. The van der Waals surface area contributed by atoms with Gasteiger partial charge in [0.1, 0.15) is 11.6 Å². The van der Waals surface area contributed by atoms with E-state index in [0.29, 0.717) is 22.4 Å². The Bertz CT molecular complexity index is 950. The second kappa shape index (κ2) is 7.50. The van der Waals surface area contributed by atoms with Gasteiger partial charge in [0, 0.05) is 17.7 Å². The molecule has 0 unspecified atom stereocenters. The number of imide groups is 1. The summed E-state index contributed by atoms with van der Waals surface area (Å²) in [6.07, 6.45) is 4.54. The molecule has 1 heterocycles. The Balaban J connectivity index is 1.95. The molecule has 2 amide bonds. The maximum absolute atomic E-state index is 13.9. The van der Waals surface area contributed by atoms with Crippen LogP contribution in [0.25, 0.3) is 0 Å². The van der Waals surface area contributed by atoms with Crippen LogP contribution in [0.5, 0.6) is 0 Å². The van der Waals surface area contributed by atoms with Crippen molar-refractivity contribution in [1.82, 2.24) is 4.90 Å². The first kappa shape index (κ1) is 18.5. The van der Waals surface area contributed by atoms with Gasteiger partial charge in [0.15, 0.2) is 0 Å². The molecule has 2 aromatic carbocycles. The number of carbonyl (C=O) groups is 2. The van der Waals surface area contributed by atoms with Crippen molar-refractivity contribution in [3.63, 3.8) is 0 Å². The number of hydrogen-bond acceptors (Lipinski definition) is 2. The van der Waals surface area contributed by atoms with Crippen molar-refractivity contribution < 1.29 is 18.4 Å². The first-order chi connectivity index (χ1) is 13.0. The van der Waals surface area contributed by atoms with Gasteiger partial charge in [0.25, 0.3) is 11.8 Å². The van der Waals surface area contributed by atoms with Gasteiger partial charge in [-0.15, -0.1) is 0 Å². The zero-order valence-electron chi connectivity index (χ0n) is 14.7. The van der Waals surface area contributed by atoms with E-state index in [9.17, 15) is 18.4 Å². The van der Waals surface area contributed by atoms with E-state index in [-0.39, 0.29) is 12.0 Å². The molecule has 5 heteroatoms. The SMILES string of the molecule is C=C/C(=C\C(=C/C)N1C(=O)c2ccccc2C1=O)Cc1c(F)cccc1F. The molecular formula is C22H17F2NO2. The maximum atomic E-state index is 13.9. The van der Waals surface area contributed by atoms with E-state index in [0.717, 1.165) is 4.90 Å². The molecule has 0 aromatic heterocycles. The second-order valence-electron chi connectivity index (χ2n) is 6.01. The summed E-state index contributed by atoms with van der Waals surface area (Å²) in [5.74, 6) is -2.18. The van der Waals surface area contributed by atoms with Gasteiger partial charge in [0.05, 0.1) is 11.1 Å². The fraction of sp³-hybridized carbons (Fsp3) is 0.0909. The summed E-state index contributed by atoms with van der Waals surface area (Å²) in [5, 5.41) is 0. The van der Waals surface area contributed by atoms with Crippen LogP contribution in [0.3, 0.4) is 0 Å². The van der Waals surface area contributed by atoms with Gasteiger partial charge in [-0.1, -0.05) is 36.9 Å². The highest BCUT2D eigenvalue weighted by Gasteiger charge is 2.36. The average molecular weight is 365 g/mol. The molecule has 3 nitrogen and oxygen atoms in total. The van der Waals surface area contributed by atoms with Crippen LogP contribution in [0.4, 0.5) is 8.78 Å². The van der Waals surface area contributed by atoms with Crippen LogP contribution in [0.2, 0.25) is 0 Å². The van der Waals surface area contributed by atoms with Crippen LogP contribution >= 0.6 is 0 Å². The van der Waals surface area contributed by atoms with Crippen LogP contribution in [-0.4, -0.2) is 16.7 Å². The van der Waals surface area contributed by atoms with Crippen LogP contribution < -0.4 is 0 Å². The minimum Gasteiger partial charge on any atom is -0.268 e. The van der Waals surface area contributed by atoms with Gasteiger partial charge < -0.3 is 0 Å². The Labute approximate surface area is 155 Å². The zero-order valence-corrected chi connectivity index (χ0v) is 14.7. The molecule has 0 spiro atoms. The third-order valence-electron chi connectivity index (χ3n) is 4.39. The molecule has 27 heavy (non-hydrogen) atoms. The second-order valence-corrected chi connectivity index (χ2v) is 6.01. The lowest BCUT2D eigenvalue weighted by atomic mass is 10.0. The molecule has 0 N–H and O–H groups in total. The quantitative estimate of drug-likeness (QED) is 0.563. The lowest BCUT2D eigenvalue weighted by Gasteiger charge is -2.16. The Morgan fingerprint density at radius 3 is 2.04 bits per heavy atom. The van der Waals surface area contributed by atoms with Crippen molar-refractivity contribution in [3.05, 3.63) is 107 Å². The number of fused-ring (bicyclic) bond motifs is 1. The number of rotatable bonds is 5. The van der Waals surface area contributed by atoms with Crippen LogP contribution in [-0.2, 0) is 6.42 Å². The summed E-state index contributed by atoms with van der Waals surface area (Å²) in [6, 6.07) is 10.2. The van der Waals surface area contributed by atoms with Crippen LogP contribution in [0.1, 0.15) is 33.2 Å². The average Bonchev–Trinajstić information content (AvgIpc) is 2.92. The number of amides is 2. The molecule has 0 saturated carbocycles. The van der Waals surface area contributed by atoms with Crippen LogP contribution in [0.15, 0.2) is 78.5 Å². The van der Waals surface area contributed by atoms with E-state index in [1.54, 1.807) is 43.3 Å². The summed E-state index contributed by atoms with van der Waals surface area (Å²) in [7, 11) is 0. The van der Waals surface area contributed by atoms with E-state index >= 15 is 0 Å². The summed E-state index contributed by atoms with van der Waals surface area (Å²) < 4.78 is 27.9. The first-order valence-corrected chi connectivity index (χ1v) is 8.38. The predicted octanol–water partition coefficient (Wildman–Crippen LogP) is 4.82. The van der Waals surface area contributed by atoms with E-state index in [2.05, 4.69) is 6.58 Å². The van der Waals surface area contributed by atoms with E-state index < -0.39 is 23.4 Å². The number of halogens is 2. The molecule has 0 aliphatic carbocycles. The number of carbonyl (C=O) groups excluding carboxylic acids is 2. The summed E-state index contributed by atoms with van der Waals surface area (Å²) in [6.45, 7) is 5.36. The van der Waals surface area contributed by atoms with Crippen molar-refractivity contribution in [3.8, 4) is 0 Å². The van der Waals surface area contributed by atoms with Crippen molar-refractivity contribution in [2.45, 2.75) is 13.3 Å². The molecule has 1 aliphatic rings. The standard InChI is InChI=1S/C22H17F2NO2/c1-3-14(13-18-19(23)10-7-11-20(18)24)12-15(4-2)25-21(26)16-8-5-6-9-17(16)22(25)27/h3-12H,1,13H2,2H3/b14-12+,15-4+. The molecule has 0 radical (unpaired) electrons. The Morgan fingerprint density at radius 1 is 1.00 bits per heavy atom. The molecular weight excluding hydrogens is 348 g/mol. The highest BCUT2D eigenvalue weighted by Crippen LogP contribution is 2.28. The predicted molar refractivity (Wildman–Crippen MR) is 99.0 cm³/mol. The number of benzene rings is 2. The summed E-state index contributed by atoms with van der Waals surface area (Å²) in [5.41, 5.74) is 1.36. The summed E-state index contributed by atoms with van der Waals surface area (Å²) in [4.78, 5) is 26.3. The third kappa shape index (κ3) is 3.36. The minimum atomic E-state index is -0.662. The largest absolute Gasteiger partial charge is 0.268 e. The molecule has 0 bridgehead atoms. The van der Waals surface area contributed by atoms with Crippen molar-refractivity contribution in [2.75, 3.05) is 0 Å². The fourth-order valence-electron chi connectivity index (χ4n) is 2.98. The van der Waals surface area contributed by atoms with Gasteiger partial charge in [0.2, 0.25) is 0 Å². The molecule has 2 aromatic rings. The summed E-state index contributed by atoms with van der Waals surface area (Å²) >= 11 is 0. The smallest absolute Gasteiger partial charge is 0.266 e. The minimum absolute atomic E-state index is 0.0531. The monoisotopic (exact) mass is 365 g/mol. The number of allylic oxidation sites excluding steroid dienone is 4. The highest BCUT2D eigenvalue weighted by molar-refractivity contribution is 6.22. The topological polar surface area (TPSA) is 37.4 Å². The van der Waals surface area contributed by atoms with Crippen LogP contribution in [0, 0.1) is 11.6 Å². The normalized spacial score (nSPS) is 14.6. The highest BCUT2D eigenvalue weighted by atomic mass is 19.1. The molecule has 3 rings (SSSR count). The third-order valence-corrected chi connectivity index (χ3v) is 4.39. The van der Waals surface area contributed by atoms with E-state index in [4.69, 9.17) is 0 Å². The molecule has 1 aliphatic heterocycles. The number of nitrogens with zero attached hydrogens (tertiary/aromatic N) is 1. The molecule has 136 valence electrons. The van der Waals surface area contributed by atoms with Crippen molar-refractivity contribution in [2.24, 2.45) is 0 Å². The van der Waals surface area contributed by atoms with Gasteiger partial charge in [-0.25, -0.2) is 13.7 Å². The Kier molecular flexibility index (Phi) is 5.12. The van der Waals surface area contributed by atoms with Crippen molar-refractivity contribution >= 4 is 11.8 Å². The van der Waals surface area contributed by atoms with E-state index in [1.165, 1.54) is 24.3 Å². The Morgan fingerprint density at radius 2 is 1.56 bits per heavy atom. The maximum Gasteiger partial charge on any atom is 0.266 e. The molecule has 0 saturated heterocycles. The van der Waals surface area contributed by atoms with Gasteiger partial charge in [-0.05, 0) is 42.8 Å². The lowest BCUT2D eigenvalue weighted by molar-refractivity contribution is 0.0709. The zero-order chi connectivity index (χ0) is 19.6. The van der Waals surface area contributed by atoms with Gasteiger partial charge in [-0.2, -0.15) is 0 Å². The molecule has 0 fully saturated rings. The van der Waals surface area contributed by atoms with E-state index in [1.807, 2.05) is 0 Å². The number of hydrogen-bond donors (Lipinski definition) is 0. The Hall–Kier alpha value is -3.34. The molecule has 0 atom stereocenters. The van der Waals surface area contributed by atoms with Gasteiger partial charge in [-0.3, -0.25) is 9.59 Å². The fourth-order valence-corrected chi connectivity index (χ4v) is 2.98. The van der Waals surface area contributed by atoms with Crippen molar-refractivity contribution in [1.29, 1.82) is 0 Å². The lowest BCUT2D eigenvalue weighted by Crippen LogP contribution is -2.28. The van der Waals surface area contributed by atoms with Gasteiger partial charge >= 0.3 is 0 Å².